The van der Waals surface area contributed by atoms with Crippen molar-refractivity contribution >= 4 is 5.91 Å². The van der Waals surface area contributed by atoms with Gasteiger partial charge in [0.15, 0.2) is 0 Å². The molecule has 1 aliphatic rings. The number of amides is 1. The van der Waals surface area contributed by atoms with Gasteiger partial charge in [0.25, 0.3) is 0 Å². The molecule has 4 heteroatoms. The van der Waals surface area contributed by atoms with E-state index in [1.807, 2.05) is 18.9 Å². The second-order valence-corrected chi connectivity index (χ2v) is 6.51. The van der Waals surface area contributed by atoms with Gasteiger partial charge in [0, 0.05) is 45.2 Å². The van der Waals surface area contributed by atoms with E-state index in [1.54, 1.807) is 0 Å². The lowest BCUT2D eigenvalue weighted by Crippen LogP contribution is -2.45. The van der Waals surface area contributed by atoms with E-state index in [0.29, 0.717) is 12.5 Å². The highest BCUT2D eigenvalue weighted by Gasteiger charge is 2.25. The molecule has 0 aliphatic carbocycles. The molecule has 0 spiro atoms. The summed E-state index contributed by atoms with van der Waals surface area (Å²) in [7, 11) is 1.95. The molecule has 2 N–H and O–H groups in total. The molecule has 0 radical (unpaired) electrons. The van der Waals surface area contributed by atoms with E-state index < -0.39 is 0 Å². The van der Waals surface area contributed by atoms with Gasteiger partial charge < -0.3 is 10.6 Å². The number of likely N-dealkylation sites (tertiary alicyclic amines) is 1. The molecular weight excluding hydrogens is 274 g/mol. The molecule has 1 aromatic carbocycles. The molecule has 2 rings (SSSR count). The number of hydrogen-bond donors (Lipinski definition) is 1. The second-order valence-electron chi connectivity index (χ2n) is 6.51. The molecule has 0 saturated carbocycles. The fraction of sp³-hybridized carbons (Fsp3) is 0.611. The van der Waals surface area contributed by atoms with Crippen LogP contribution in [0, 0.1) is 0 Å². The third-order valence-corrected chi connectivity index (χ3v) is 4.56. The molecule has 1 amide bonds. The predicted octanol–water partition coefficient (Wildman–Crippen LogP) is 2.24. The van der Waals surface area contributed by atoms with E-state index in [0.717, 1.165) is 38.9 Å². The van der Waals surface area contributed by atoms with Gasteiger partial charge in [-0.2, -0.15) is 0 Å². The molecule has 1 aliphatic heterocycles. The Morgan fingerprint density at radius 2 is 1.95 bits per heavy atom. The monoisotopic (exact) mass is 303 g/mol. The Hall–Kier alpha value is -1.39. The first-order valence-corrected chi connectivity index (χ1v) is 8.34. The maximum absolute atomic E-state index is 12.2. The first-order chi connectivity index (χ1) is 10.6. The zero-order valence-electron chi connectivity index (χ0n) is 13.9. The fourth-order valence-corrected chi connectivity index (χ4v) is 3.04. The summed E-state index contributed by atoms with van der Waals surface area (Å²) in [5, 5.41) is 0. The van der Waals surface area contributed by atoms with Crippen LogP contribution < -0.4 is 5.73 Å². The van der Waals surface area contributed by atoms with Gasteiger partial charge in [-0.3, -0.25) is 9.69 Å². The summed E-state index contributed by atoms with van der Waals surface area (Å²) in [5.41, 5.74) is 7.10. The first-order valence-electron chi connectivity index (χ1n) is 8.34. The van der Waals surface area contributed by atoms with E-state index >= 15 is 0 Å². The highest BCUT2D eigenvalue weighted by atomic mass is 16.2. The van der Waals surface area contributed by atoms with Crippen molar-refractivity contribution in [3.8, 4) is 0 Å². The highest BCUT2D eigenvalue weighted by Crippen LogP contribution is 2.18. The summed E-state index contributed by atoms with van der Waals surface area (Å²) in [6, 6.07) is 11.1. The van der Waals surface area contributed by atoms with Crippen LogP contribution in [0.3, 0.4) is 0 Å². The average molecular weight is 303 g/mol. The Kier molecular flexibility index (Phi) is 6.40. The van der Waals surface area contributed by atoms with E-state index in [2.05, 4.69) is 35.2 Å². The van der Waals surface area contributed by atoms with Crippen LogP contribution in [0.25, 0.3) is 0 Å². The number of nitrogens with zero attached hydrogens (tertiary/aromatic N) is 2. The topological polar surface area (TPSA) is 49.6 Å². The van der Waals surface area contributed by atoms with Gasteiger partial charge in [0.2, 0.25) is 5.91 Å². The van der Waals surface area contributed by atoms with Crippen molar-refractivity contribution in [1.82, 2.24) is 9.80 Å². The van der Waals surface area contributed by atoms with Crippen LogP contribution in [0.15, 0.2) is 30.3 Å². The van der Waals surface area contributed by atoms with Crippen LogP contribution in [-0.4, -0.2) is 47.9 Å². The predicted molar refractivity (Wildman–Crippen MR) is 90.4 cm³/mol. The zero-order chi connectivity index (χ0) is 15.9. The molecule has 22 heavy (non-hydrogen) atoms. The number of hydrogen-bond acceptors (Lipinski definition) is 3. The quantitative estimate of drug-likeness (QED) is 0.877. The van der Waals surface area contributed by atoms with E-state index in [4.69, 9.17) is 5.73 Å². The molecule has 0 aromatic heterocycles. The molecule has 1 saturated heterocycles. The summed E-state index contributed by atoms with van der Waals surface area (Å²) in [6.07, 6.45) is 3.47. The number of piperidine rings is 1. The number of rotatable bonds is 6. The van der Waals surface area contributed by atoms with Crippen molar-refractivity contribution in [2.45, 2.75) is 51.2 Å². The standard InChI is InChI=1S/C18H29N3O/c1-15(19)8-9-18(22)20(2)17-10-12-21(13-11-17)14-16-6-4-3-5-7-16/h3-7,15,17H,8-14,19H2,1-2H3. The summed E-state index contributed by atoms with van der Waals surface area (Å²) in [6.45, 7) is 5.08. The van der Waals surface area contributed by atoms with Gasteiger partial charge in [0.05, 0.1) is 0 Å². The van der Waals surface area contributed by atoms with Crippen LogP contribution >= 0.6 is 0 Å². The van der Waals surface area contributed by atoms with Crippen LogP contribution in [0.1, 0.15) is 38.2 Å². The van der Waals surface area contributed by atoms with Gasteiger partial charge in [-0.1, -0.05) is 30.3 Å². The lowest BCUT2D eigenvalue weighted by molar-refractivity contribution is -0.133. The molecule has 4 nitrogen and oxygen atoms in total. The number of nitrogens with two attached hydrogens (primary N) is 1. The average Bonchev–Trinajstić information content (AvgIpc) is 2.53. The largest absolute Gasteiger partial charge is 0.343 e. The molecule has 122 valence electrons. The summed E-state index contributed by atoms with van der Waals surface area (Å²) >= 11 is 0. The van der Waals surface area contributed by atoms with Gasteiger partial charge >= 0.3 is 0 Å². The molecule has 1 heterocycles. The Morgan fingerprint density at radius 3 is 2.55 bits per heavy atom. The lowest BCUT2D eigenvalue weighted by Gasteiger charge is -2.37. The van der Waals surface area contributed by atoms with Crippen LogP contribution in [0.5, 0.6) is 0 Å². The summed E-state index contributed by atoms with van der Waals surface area (Å²) in [4.78, 5) is 16.6. The Labute approximate surface area is 134 Å². The van der Waals surface area contributed by atoms with Crippen molar-refractivity contribution in [2.24, 2.45) is 5.73 Å². The number of carbonyl (C=O) groups is 1. The molecule has 1 atom stereocenters. The third kappa shape index (κ3) is 5.11. The normalized spacial score (nSPS) is 18.1. The van der Waals surface area contributed by atoms with Crippen molar-refractivity contribution in [2.75, 3.05) is 20.1 Å². The second kappa shape index (κ2) is 8.30. The molecule has 0 bridgehead atoms. The summed E-state index contributed by atoms with van der Waals surface area (Å²) in [5.74, 6) is 0.235. The van der Waals surface area contributed by atoms with E-state index in [-0.39, 0.29) is 11.9 Å². The number of benzene rings is 1. The van der Waals surface area contributed by atoms with Crippen molar-refractivity contribution in [3.63, 3.8) is 0 Å². The zero-order valence-corrected chi connectivity index (χ0v) is 13.9. The summed E-state index contributed by atoms with van der Waals surface area (Å²) < 4.78 is 0. The van der Waals surface area contributed by atoms with Crippen molar-refractivity contribution in [3.05, 3.63) is 35.9 Å². The van der Waals surface area contributed by atoms with Crippen molar-refractivity contribution in [1.29, 1.82) is 0 Å². The fourth-order valence-electron chi connectivity index (χ4n) is 3.04. The minimum Gasteiger partial charge on any atom is -0.343 e. The Bertz CT molecular complexity index is 453. The number of carbonyl (C=O) groups excluding carboxylic acids is 1. The first kappa shape index (κ1) is 17.0. The Morgan fingerprint density at radius 1 is 1.32 bits per heavy atom. The van der Waals surface area contributed by atoms with Gasteiger partial charge in [-0.05, 0) is 31.7 Å². The highest BCUT2D eigenvalue weighted by molar-refractivity contribution is 5.76. The maximum atomic E-state index is 12.2. The van der Waals surface area contributed by atoms with Crippen LogP contribution in [0.2, 0.25) is 0 Å². The van der Waals surface area contributed by atoms with Crippen LogP contribution in [0.4, 0.5) is 0 Å². The molecule has 1 unspecified atom stereocenters. The van der Waals surface area contributed by atoms with Gasteiger partial charge in [0.1, 0.15) is 0 Å². The van der Waals surface area contributed by atoms with Gasteiger partial charge in [-0.15, -0.1) is 0 Å². The van der Waals surface area contributed by atoms with E-state index in [1.165, 1.54) is 5.56 Å². The van der Waals surface area contributed by atoms with Crippen LogP contribution in [-0.2, 0) is 11.3 Å². The Balaban J connectivity index is 1.75. The molecular formula is C18H29N3O. The molecule has 1 aromatic rings. The van der Waals surface area contributed by atoms with E-state index in [9.17, 15) is 4.79 Å². The van der Waals surface area contributed by atoms with Gasteiger partial charge in [-0.25, -0.2) is 0 Å². The smallest absolute Gasteiger partial charge is 0.222 e. The minimum atomic E-state index is 0.102. The third-order valence-electron chi connectivity index (χ3n) is 4.56. The minimum absolute atomic E-state index is 0.102. The van der Waals surface area contributed by atoms with Crippen molar-refractivity contribution < 1.29 is 4.79 Å². The maximum Gasteiger partial charge on any atom is 0.222 e. The lowest BCUT2D eigenvalue weighted by atomic mass is 10.0. The molecule has 1 fully saturated rings. The SMILES string of the molecule is CC(N)CCC(=O)N(C)C1CCN(Cc2ccccc2)CC1.